The highest BCUT2D eigenvalue weighted by Crippen LogP contribution is 2.26. The maximum absolute atomic E-state index is 10.9. The van der Waals surface area contributed by atoms with Crippen LogP contribution in [0.25, 0.3) is 0 Å². The molecule has 0 bridgehead atoms. The number of rotatable bonds is 3. The predicted octanol–water partition coefficient (Wildman–Crippen LogP) is 0.427. The monoisotopic (exact) mass is 217 g/mol. The molecule has 1 aromatic rings. The first-order valence-electron chi connectivity index (χ1n) is 3.44. The number of nitrogens with one attached hydrogen (secondary N) is 1. The van der Waals surface area contributed by atoms with Gasteiger partial charge in [0.2, 0.25) is 0 Å². The fraction of sp³-hybridized carbons (Fsp3) is 0. The average molecular weight is 217 g/mol. The first-order valence-corrected chi connectivity index (χ1v) is 5.29. The average Bonchev–Trinajstić information content (AvgIpc) is 2.02. The van der Waals surface area contributed by atoms with Gasteiger partial charge in [0.1, 0.15) is 12.0 Å². The zero-order valence-corrected chi connectivity index (χ0v) is 7.85. The number of nitrogens with zero attached hydrogens (tertiary/aromatic N) is 2. The van der Waals surface area contributed by atoms with Crippen LogP contribution in [-0.4, -0.2) is 9.91 Å². The third kappa shape index (κ3) is 3.09. The minimum Gasteiger partial charge on any atom is -0.298 e. The largest absolute Gasteiger partial charge is 0.299 e. The first kappa shape index (κ1) is 10.6. The molecule has 0 amide bonds. The minimum atomic E-state index is -3.41. The SMILES string of the molecule is NP(N)(=O)Nc1ccc([N+](=O)[O-])cn1. The molecular formula is C5H8N5O3P. The zero-order valence-electron chi connectivity index (χ0n) is 6.95. The standard InChI is InChI=1S/C5H8N5O3P/c6-14(7,13)9-5-2-1-4(3-8-5)10(11)12/h1-3H,(H5,6,7,8,9,13). The molecule has 0 spiro atoms. The molecule has 1 rings (SSSR count). The van der Waals surface area contributed by atoms with Crippen LogP contribution < -0.4 is 16.1 Å². The number of hydrogen-bond donors (Lipinski definition) is 3. The third-order valence-electron chi connectivity index (χ3n) is 1.25. The van der Waals surface area contributed by atoms with E-state index in [1.165, 1.54) is 12.1 Å². The Morgan fingerprint density at radius 3 is 2.50 bits per heavy atom. The molecule has 0 aliphatic heterocycles. The fourth-order valence-electron chi connectivity index (χ4n) is 0.739. The summed E-state index contributed by atoms with van der Waals surface area (Å²) in [6.45, 7) is 0. The summed E-state index contributed by atoms with van der Waals surface area (Å²) in [5.41, 5.74) is 9.86. The van der Waals surface area contributed by atoms with Crippen LogP contribution >= 0.6 is 7.59 Å². The molecule has 0 aromatic carbocycles. The summed E-state index contributed by atoms with van der Waals surface area (Å²) < 4.78 is 10.9. The van der Waals surface area contributed by atoms with Gasteiger partial charge in [-0.25, -0.2) is 4.98 Å². The van der Waals surface area contributed by atoms with Gasteiger partial charge in [0, 0.05) is 6.07 Å². The summed E-state index contributed by atoms with van der Waals surface area (Å²) >= 11 is 0. The van der Waals surface area contributed by atoms with Gasteiger partial charge in [-0.05, 0) is 6.07 Å². The Morgan fingerprint density at radius 1 is 1.50 bits per heavy atom. The Balaban J connectivity index is 2.84. The Bertz CT molecular complexity index is 385. The van der Waals surface area contributed by atoms with E-state index in [4.69, 9.17) is 11.0 Å². The van der Waals surface area contributed by atoms with E-state index in [0.29, 0.717) is 0 Å². The second-order valence-electron chi connectivity index (χ2n) is 2.48. The van der Waals surface area contributed by atoms with Gasteiger partial charge in [-0.2, -0.15) is 0 Å². The molecule has 1 heterocycles. The van der Waals surface area contributed by atoms with Gasteiger partial charge in [0.15, 0.2) is 0 Å². The summed E-state index contributed by atoms with van der Waals surface area (Å²) in [4.78, 5) is 13.2. The van der Waals surface area contributed by atoms with E-state index in [2.05, 4.69) is 10.1 Å². The molecular weight excluding hydrogens is 209 g/mol. The second-order valence-corrected chi connectivity index (χ2v) is 4.12. The summed E-state index contributed by atoms with van der Waals surface area (Å²) in [7, 11) is -3.41. The molecule has 0 saturated heterocycles. The van der Waals surface area contributed by atoms with E-state index in [1.807, 2.05) is 0 Å². The maximum Gasteiger partial charge on any atom is 0.299 e. The number of pyridine rings is 1. The molecule has 0 radical (unpaired) electrons. The third-order valence-corrected chi connectivity index (χ3v) is 1.83. The molecule has 0 atom stereocenters. The lowest BCUT2D eigenvalue weighted by Gasteiger charge is -2.07. The maximum atomic E-state index is 10.9. The Labute approximate surface area is 79.0 Å². The van der Waals surface area contributed by atoms with Crippen LogP contribution in [0.1, 0.15) is 0 Å². The van der Waals surface area contributed by atoms with Gasteiger partial charge in [-0.15, -0.1) is 0 Å². The summed E-state index contributed by atoms with van der Waals surface area (Å²) in [5.74, 6) is 0.129. The molecule has 5 N–H and O–H groups in total. The van der Waals surface area contributed by atoms with Gasteiger partial charge in [-0.3, -0.25) is 30.8 Å². The van der Waals surface area contributed by atoms with Crippen molar-refractivity contribution in [3.05, 3.63) is 28.4 Å². The van der Waals surface area contributed by atoms with E-state index in [-0.39, 0.29) is 11.5 Å². The molecule has 1 aromatic heterocycles. The molecule has 14 heavy (non-hydrogen) atoms. The van der Waals surface area contributed by atoms with E-state index in [0.717, 1.165) is 6.20 Å². The number of aromatic nitrogens is 1. The topological polar surface area (TPSA) is 137 Å². The van der Waals surface area contributed by atoms with Gasteiger partial charge in [0.05, 0.1) is 4.92 Å². The van der Waals surface area contributed by atoms with Gasteiger partial charge in [0.25, 0.3) is 13.3 Å². The van der Waals surface area contributed by atoms with Crippen LogP contribution in [-0.2, 0) is 4.57 Å². The lowest BCUT2D eigenvalue weighted by molar-refractivity contribution is -0.385. The molecule has 8 nitrogen and oxygen atoms in total. The van der Waals surface area contributed by atoms with Gasteiger partial charge >= 0.3 is 0 Å². The highest BCUT2D eigenvalue weighted by Gasteiger charge is 2.10. The van der Waals surface area contributed by atoms with Gasteiger partial charge in [-0.1, -0.05) is 0 Å². The van der Waals surface area contributed by atoms with Crippen molar-refractivity contribution in [1.29, 1.82) is 0 Å². The normalized spacial score (nSPS) is 11.0. The van der Waals surface area contributed by atoms with Crippen LogP contribution in [0.4, 0.5) is 11.5 Å². The highest BCUT2D eigenvalue weighted by molar-refractivity contribution is 7.60. The number of nitro groups is 1. The van der Waals surface area contributed by atoms with Crippen LogP contribution in [0.15, 0.2) is 18.3 Å². The van der Waals surface area contributed by atoms with Crippen molar-refractivity contribution >= 4 is 19.1 Å². The number of nitrogens with two attached hydrogens (primary N) is 2. The number of hydrogen-bond acceptors (Lipinski definition) is 4. The lowest BCUT2D eigenvalue weighted by Crippen LogP contribution is -2.13. The predicted molar refractivity (Wildman–Crippen MR) is 50.5 cm³/mol. The van der Waals surface area contributed by atoms with E-state index >= 15 is 0 Å². The fourth-order valence-corrected chi connectivity index (χ4v) is 1.23. The second kappa shape index (κ2) is 3.70. The Morgan fingerprint density at radius 2 is 2.14 bits per heavy atom. The molecule has 0 unspecified atom stereocenters. The lowest BCUT2D eigenvalue weighted by atomic mass is 10.4. The van der Waals surface area contributed by atoms with Crippen molar-refractivity contribution in [2.24, 2.45) is 11.0 Å². The molecule has 0 aliphatic rings. The van der Waals surface area contributed by atoms with Crippen molar-refractivity contribution in [3.8, 4) is 0 Å². The highest BCUT2D eigenvalue weighted by atomic mass is 31.2. The first-order chi connectivity index (χ1) is 6.38. The van der Waals surface area contributed by atoms with Crippen LogP contribution in [0.3, 0.4) is 0 Å². The van der Waals surface area contributed by atoms with E-state index in [1.54, 1.807) is 0 Å². The quantitative estimate of drug-likeness (QED) is 0.379. The molecule has 9 heteroatoms. The van der Waals surface area contributed by atoms with Crippen molar-refractivity contribution in [2.45, 2.75) is 0 Å². The van der Waals surface area contributed by atoms with Gasteiger partial charge < -0.3 is 0 Å². The number of anilines is 1. The summed E-state index contributed by atoms with van der Waals surface area (Å²) in [6, 6.07) is 2.47. The van der Waals surface area contributed by atoms with Crippen molar-refractivity contribution in [2.75, 3.05) is 5.09 Å². The van der Waals surface area contributed by atoms with Crippen molar-refractivity contribution in [1.82, 2.24) is 4.98 Å². The molecule has 76 valence electrons. The Kier molecular flexibility index (Phi) is 2.80. The minimum absolute atomic E-state index is 0.129. The van der Waals surface area contributed by atoms with Crippen molar-refractivity contribution in [3.63, 3.8) is 0 Å². The Hall–Kier alpha value is -1.50. The molecule has 0 aliphatic carbocycles. The summed E-state index contributed by atoms with van der Waals surface area (Å²) in [5, 5.41) is 12.5. The van der Waals surface area contributed by atoms with E-state index in [9.17, 15) is 14.7 Å². The van der Waals surface area contributed by atoms with E-state index < -0.39 is 12.5 Å². The molecule has 0 saturated carbocycles. The summed E-state index contributed by atoms with van der Waals surface area (Å²) in [6.07, 6.45) is 1.01. The van der Waals surface area contributed by atoms with Crippen molar-refractivity contribution < 1.29 is 9.49 Å². The van der Waals surface area contributed by atoms with Crippen LogP contribution in [0.2, 0.25) is 0 Å². The zero-order chi connectivity index (χ0) is 10.8. The van der Waals surface area contributed by atoms with Crippen LogP contribution in [0.5, 0.6) is 0 Å². The molecule has 0 fully saturated rings. The smallest absolute Gasteiger partial charge is 0.298 e. The van der Waals surface area contributed by atoms with Crippen LogP contribution in [0, 0.1) is 10.1 Å².